The molecule has 2 aliphatic rings. The lowest BCUT2D eigenvalue weighted by Crippen LogP contribution is -2.38. The van der Waals surface area contributed by atoms with Crippen molar-refractivity contribution in [1.29, 1.82) is 5.41 Å². The van der Waals surface area contributed by atoms with Crippen molar-refractivity contribution in [2.24, 2.45) is 11.3 Å². The van der Waals surface area contributed by atoms with Gasteiger partial charge in [-0.2, -0.15) is 13.2 Å². The molecule has 0 bridgehead atoms. The van der Waals surface area contributed by atoms with Crippen LogP contribution in [-0.4, -0.2) is 11.9 Å². The fraction of sp³-hybridized carbons (Fsp3) is 0.583. The van der Waals surface area contributed by atoms with Gasteiger partial charge in [0, 0.05) is 24.5 Å². The van der Waals surface area contributed by atoms with Gasteiger partial charge in [0.1, 0.15) is 5.41 Å². The Morgan fingerprint density at radius 3 is 2.56 bits per heavy atom. The van der Waals surface area contributed by atoms with Crippen LogP contribution in [0.25, 0.3) is 0 Å². The maximum Gasteiger partial charge on any atom is 0.408 e. The van der Waals surface area contributed by atoms with E-state index in [2.05, 4.69) is 11.8 Å². The Hall–Kier alpha value is -1.24. The van der Waals surface area contributed by atoms with E-state index in [4.69, 9.17) is 5.41 Å². The lowest BCUT2D eigenvalue weighted by Gasteiger charge is -2.30. The molecule has 0 aromatic carbocycles. The number of alkyl halides is 3. The number of nitrogens with one attached hydrogen (secondary N) is 1. The molecule has 4 heteroatoms. The molecule has 0 radical (unpaired) electrons. The number of halogens is 3. The molecule has 16 heavy (non-hydrogen) atoms. The van der Waals surface area contributed by atoms with Gasteiger partial charge in [0.2, 0.25) is 0 Å². The molecule has 86 valence electrons. The largest absolute Gasteiger partial charge is 0.408 e. The highest BCUT2D eigenvalue weighted by atomic mass is 19.4. The Morgan fingerprint density at radius 2 is 2.06 bits per heavy atom. The van der Waals surface area contributed by atoms with Crippen LogP contribution < -0.4 is 0 Å². The summed E-state index contributed by atoms with van der Waals surface area (Å²) in [7, 11) is 0. The summed E-state index contributed by atoms with van der Waals surface area (Å²) in [5.74, 6) is 5.18. The zero-order valence-corrected chi connectivity index (χ0v) is 8.69. The van der Waals surface area contributed by atoms with Gasteiger partial charge in [0.25, 0.3) is 0 Å². The van der Waals surface area contributed by atoms with Crippen molar-refractivity contribution >= 4 is 5.71 Å². The summed E-state index contributed by atoms with van der Waals surface area (Å²) < 4.78 is 39.0. The lowest BCUT2D eigenvalue weighted by molar-refractivity contribution is -0.184. The average Bonchev–Trinajstić information content (AvgIpc) is 2.96. The minimum Gasteiger partial charge on any atom is -0.309 e. The van der Waals surface area contributed by atoms with Gasteiger partial charge in [-0.15, -0.1) is 0 Å². The molecule has 0 aromatic rings. The summed E-state index contributed by atoms with van der Waals surface area (Å²) in [6.45, 7) is 0. The van der Waals surface area contributed by atoms with Gasteiger partial charge < -0.3 is 5.41 Å². The normalized spacial score (nSPS) is 29.8. The summed E-state index contributed by atoms with van der Waals surface area (Å²) >= 11 is 0. The Bertz CT molecular complexity index is 393. The first kappa shape index (κ1) is 11.3. The zero-order chi connectivity index (χ0) is 11.8. The third kappa shape index (κ3) is 2.13. The predicted octanol–water partition coefficient (Wildman–Crippen LogP) is 3.32. The van der Waals surface area contributed by atoms with Crippen LogP contribution in [0, 0.1) is 28.6 Å². The van der Waals surface area contributed by atoms with Crippen molar-refractivity contribution in [1.82, 2.24) is 0 Å². The van der Waals surface area contributed by atoms with Crippen LogP contribution in [0.4, 0.5) is 13.2 Å². The number of hydrogen-bond acceptors (Lipinski definition) is 1. The highest BCUT2D eigenvalue weighted by Gasteiger charge is 2.53. The van der Waals surface area contributed by atoms with Crippen molar-refractivity contribution in [2.45, 2.75) is 31.9 Å². The fourth-order valence-electron chi connectivity index (χ4n) is 1.68. The topological polar surface area (TPSA) is 23.9 Å². The summed E-state index contributed by atoms with van der Waals surface area (Å²) in [6.07, 6.45) is -0.0563. The molecule has 0 amide bonds. The first-order valence-electron chi connectivity index (χ1n) is 5.26. The number of hydrogen-bond donors (Lipinski definition) is 1. The van der Waals surface area contributed by atoms with E-state index in [9.17, 15) is 13.2 Å². The molecule has 0 saturated heterocycles. The minimum absolute atomic E-state index is 0.102. The van der Waals surface area contributed by atoms with E-state index >= 15 is 0 Å². The fourth-order valence-corrected chi connectivity index (χ4v) is 1.68. The van der Waals surface area contributed by atoms with Crippen molar-refractivity contribution < 1.29 is 13.2 Å². The van der Waals surface area contributed by atoms with E-state index < -0.39 is 11.6 Å². The first-order valence-corrected chi connectivity index (χ1v) is 5.26. The second-order valence-corrected chi connectivity index (χ2v) is 4.40. The van der Waals surface area contributed by atoms with E-state index in [1.54, 1.807) is 0 Å². The van der Waals surface area contributed by atoms with Gasteiger partial charge in [-0.3, -0.25) is 0 Å². The molecule has 1 nitrogen and oxygen atoms in total. The van der Waals surface area contributed by atoms with Crippen LogP contribution in [0.3, 0.4) is 0 Å². The SMILES string of the molecule is N=C1CC=CC(C#CC2CC2)(C(F)(F)F)C1. The van der Waals surface area contributed by atoms with Gasteiger partial charge in [-0.25, -0.2) is 0 Å². The number of rotatable bonds is 0. The van der Waals surface area contributed by atoms with E-state index in [0.29, 0.717) is 6.42 Å². The van der Waals surface area contributed by atoms with E-state index in [-0.39, 0.29) is 18.1 Å². The molecule has 0 heterocycles. The van der Waals surface area contributed by atoms with Crippen LogP contribution in [-0.2, 0) is 0 Å². The van der Waals surface area contributed by atoms with Gasteiger partial charge in [0.15, 0.2) is 0 Å². The Balaban J connectivity index is 2.32. The summed E-state index contributed by atoms with van der Waals surface area (Å²) in [4.78, 5) is 0. The molecular formula is C12H12F3N. The molecule has 1 fully saturated rings. The second-order valence-electron chi connectivity index (χ2n) is 4.40. The van der Waals surface area contributed by atoms with Gasteiger partial charge in [0.05, 0.1) is 0 Å². The molecule has 0 aliphatic heterocycles. The maximum absolute atomic E-state index is 13.0. The summed E-state index contributed by atoms with van der Waals surface area (Å²) in [6, 6.07) is 0. The van der Waals surface area contributed by atoms with Crippen molar-refractivity contribution in [2.75, 3.05) is 0 Å². The van der Waals surface area contributed by atoms with Crippen molar-refractivity contribution in [3.8, 4) is 11.8 Å². The number of allylic oxidation sites excluding steroid dienone is 2. The molecule has 1 saturated carbocycles. The predicted molar refractivity (Wildman–Crippen MR) is 55.1 cm³/mol. The van der Waals surface area contributed by atoms with E-state index in [1.807, 2.05) is 0 Å². The van der Waals surface area contributed by atoms with Gasteiger partial charge in [-0.1, -0.05) is 24.0 Å². The van der Waals surface area contributed by atoms with E-state index in [0.717, 1.165) is 18.9 Å². The molecule has 2 aliphatic carbocycles. The second kappa shape index (κ2) is 3.65. The van der Waals surface area contributed by atoms with Crippen LogP contribution in [0.5, 0.6) is 0 Å². The summed E-state index contributed by atoms with van der Waals surface area (Å²) in [5, 5.41) is 7.41. The maximum atomic E-state index is 13.0. The molecule has 1 N–H and O–H groups in total. The highest BCUT2D eigenvalue weighted by Crippen LogP contribution is 2.45. The smallest absolute Gasteiger partial charge is 0.309 e. The Morgan fingerprint density at radius 1 is 1.38 bits per heavy atom. The highest BCUT2D eigenvalue weighted by molar-refractivity contribution is 5.85. The first-order chi connectivity index (χ1) is 7.43. The zero-order valence-electron chi connectivity index (χ0n) is 8.69. The summed E-state index contributed by atoms with van der Waals surface area (Å²) in [5.41, 5.74) is -2.00. The molecule has 2 rings (SSSR count). The quantitative estimate of drug-likeness (QED) is 0.485. The molecule has 0 aromatic heterocycles. The molecular weight excluding hydrogens is 215 g/mol. The minimum atomic E-state index is -4.39. The van der Waals surface area contributed by atoms with Gasteiger partial charge >= 0.3 is 6.18 Å². The third-order valence-electron chi connectivity index (χ3n) is 2.84. The van der Waals surface area contributed by atoms with Crippen molar-refractivity contribution in [3.63, 3.8) is 0 Å². The standard InChI is InChI=1S/C12H12F3N/c13-12(14,15)11(7-5-9-3-4-9)6-1-2-10(16)8-11/h1,6,9,16H,2-4,8H2. The third-order valence-corrected chi connectivity index (χ3v) is 2.84. The van der Waals surface area contributed by atoms with Crippen LogP contribution >= 0.6 is 0 Å². The molecule has 0 spiro atoms. The van der Waals surface area contributed by atoms with Crippen LogP contribution in [0.2, 0.25) is 0 Å². The van der Waals surface area contributed by atoms with Crippen molar-refractivity contribution in [3.05, 3.63) is 12.2 Å². The Kier molecular flexibility index (Phi) is 2.57. The van der Waals surface area contributed by atoms with Crippen LogP contribution in [0.1, 0.15) is 25.7 Å². The molecule has 1 unspecified atom stereocenters. The lowest BCUT2D eigenvalue weighted by atomic mass is 9.78. The van der Waals surface area contributed by atoms with Crippen LogP contribution in [0.15, 0.2) is 12.2 Å². The average molecular weight is 227 g/mol. The molecule has 1 atom stereocenters. The Labute approximate surface area is 92.2 Å². The van der Waals surface area contributed by atoms with E-state index in [1.165, 1.54) is 6.08 Å². The monoisotopic (exact) mass is 227 g/mol. The van der Waals surface area contributed by atoms with Gasteiger partial charge in [-0.05, 0) is 12.8 Å².